The molecule has 19 heavy (non-hydrogen) atoms. The van der Waals surface area contributed by atoms with E-state index < -0.39 is 5.60 Å². The first-order chi connectivity index (χ1) is 9.02. The molecule has 3 heteroatoms. The lowest BCUT2D eigenvalue weighted by atomic mass is 9.92. The second-order valence-electron chi connectivity index (χ2n) is 5.66. The highest BCUT2D eigenvalue weighted by Crippen LogP contribution is 2.21. The van der Waals surface area contributed by atoms with Gasteiger partial charge in [-0.25, -0.2) is 0 Å². The standard InChI is InChI=1S/C16H34O3/c1-5-7-8-9-12-16(4,17)13-10-11-14-19-15(3)18-6-2/h15,17H,5-14H2,1-4H3/t15-,16+/m0/s1. The van der Waals surface area contributed by atoms with E-state index in [9.17, 15) is 5.11 Å². The molecule has 1 N–H and O–H groups in total. The van der Waals surface area contributed by atoms with E-state index in [1.807, 2.05) is 20.8 Å². The summed E-state index contributed by atoms with van der Waals surface area (Å²) in [4.78, 5) is 0. The van der Waals surface area contributed by atoms with Crippen molar-refractivity contribution < 1.29 is 14.6 Å². The van der Waals surface area contributed by atoms with Crippen LogP contribution in [0, 0.1) is 0 Å². The molecule has 0 rings (SSSR count). The molecule has 0 saturated heterocycles. The molecule has 0 aromatic heterocycles. The minimum Gasteiger partial charge on any atom is -0.390 e. The van der Waals surface area contributed by atoms with Gasteiger partial charge in [0, 0.05) is 13.2 Å². The van der Waals surface area contributed by atoms with Crippen molar-refractivity contribution in [3.05, 3.63) is 0 Å². The van der Waals surface area contributed by atoms with Gasteiger partial charge in [-0.05, 0) is 46.5 Å². The number of rotatable bonds is 13. The molecular weight excluding hydrogens is 240 g/mol. The van der Waals surface area contributed by atoms with Crippen molar-refractivity contribution in [2.24, 2.45) is 0 Å². The lowest BCUT2D eigenvalue weighted by molar-refractivity contribution is -0.128. The van der Waals surface area contributed by atoms with E-state index in [4.69, 9.17) is 9.47 Å². The van der Waals surface area contributed by atoms with Crippen molar-refractivity contribution in [3.63, 3.8) is 0 Å². The van der Waals surface area contributed by atoms with E-state index in [-0.39, 0.29) is 6.29 Å². The number of aliphatic hydroxyl groups is 1. The fraction of sp³-hybridized carbons (Fsp3) is 1.00. The van der Waals surface area contributed by atoms with E-state index in [0.717, 1.165) is 32.1 Å². The Morgan fingerprint density at radius 2 is 1.58 bits per heavy atom. The molecule has 0 aliphatic heterocycles. The highest BCUT2D eigenvalue weighted by Gasteiger charge is 2.18. The van der Waals surface area contributed by atoms with E-state index >= 15 is 0 Å². The van der Waals surface area contributed by atoms with Crippen LogP contribution in [0.25, 0.3) is 0 Å². The Bertz CT molecular complexity index is 192. The molecule has 0 saturated carbocycles. The highest BCUT2D eigenvalue weighted by atomic mass is 16.7. The molecule has 2 atom stereocenters. The molecule has 0 aromatic rings. The Morgan fingerprint density at radius 1 is 0.947 bits per heavy atom. The zero-order chi connectivity index (χ0) is 14.6. The summed E-state index contributed by atoms with van der Waals surface area (Å²) >= 11 is 0. The third-order valence-electron chi connectivity index (χ3n) is 3.43. The van der Waals surface area contributed by atoms with Crippen LogP contribution in [-0.2, 0) is 9.47 Å². The van der Waals surface area contributed by atoms with E-state index in [1.54, 1.807) is 0 Å². The maximum absolute atomic E-state index is 10.2. The summed E-state index contributed by atoms with van der Waals surface area (Å²) in [6.07, 6.45) is 8.58. The van der Waals surface area contributed by atoms with Crippen molar-refractivity contribution in [2.75, 3.05) is 13.2 Å². The summed E-state index contributed by atoms with van der Waals surface area (Å²) < 4.78 is 10.8. The lowest BCUT2D eigenvalue weighted by Crippen LogP contribution is -2.24. The minimum absolute atomic E-state index is 0.112. The SMILES string of the molecule is CCCCCC[C@@](C)(O)CCCCO[C@@H](C)OCC. The molecule has 0 unspecified atom stereocenters. The van der Waals surface area contributed by atoms with Gasteiger partial charge in [0.25, 0.3) is 0 Å². The Kier molecular flexibility index (Phi) is 11.6. The van der Waals surface area contributed by atoms with Gasteiger partial charge in [0.15, 0.2) is 6.29 Å². The molecule has 0 heterocycles. The summed E-state index contributed by atoms with van der Waals surface area (Å²) in [7, 11) is 0. The molecule has 0 amide bonds. The Hall–Kier alpha value is -0.120. The maximum atomic E-state index is 10.2. The van der Waals surface area contributed by atoms with Crippen molar-refractivity contribution in [1.29, 1.82) is 0 Å². The fourth-order valence-corrected chi connectivity index (χ4v) is 2.20. The predicted molar refractivity (Wildman–Crippen MR) is 80.3 cm³/mol. The minimum atomic E-state index is -0.501. The van der Waals surface area contributed by atoms with Gasteiger partial charge in [0.2, 0.25) is 0 Å². The second-order valence-corrected chi connectivity index (χ2v) is 5.66. The van der Waals surface area contributed by atoms with Gasteiger partial charge in [0.05, 0.1) is 5.60 Å². The van der Waals surface area contributed by atoms with Crippen LogP contribution in [0.4, 0.5) is 0 Å². The van der Waals surface area contributed by atoms with Crippen LogP contribution in [-0.4, -0.2) is 30.2 Å². The van der Waals surface area contributed by atoms with Gasteiger partial charge < -0.3 is 14.6 Å². The summed E-state index contributed by atoms with van der Waals surface area (Å²) in [6.45, 7) is 9.47. The topological polar surface area (TPSA) is 38.7 Å². The first-order valence-corrected chi connectivity index (χ1v) is 7.97. The van der Waals surface area contributed by atoms with E-state index in [2.05, 4.69) is 6.92 Å². The van der Waals surface area contributed by atoms with Crippen LogP contribution in [0.15, 0.2) is 0 Å². The third-order valence-corrected chi connectivity index (χ3v) is 3.43. The Labute approximate surface area is 119 Å². The number of hydrogen-bond donors (Lipinski definition) is 1. The number of ether oxygens (including phenoxy) is 2. The summed E-state index contributed by atoms with van der Waals surface area (Å²) in [5.41, 5.74) is -0.501. The average molecular weight is 274 g/mol. The molecule has 0 fully saturated rings. The molecule has 116 valence electrons. The summed E-state index contributed by atoms with van der Waals surface area (Å²) in [5.74, 6) is 0. The average Bonchev–Trinajstić information content (AvgIpc) is 2.34. The van der Waals surface area contributed by atoms with E-state index in [0.29, 0.717) is 13.2 Å². The van der Waals surface area contributed by atoms with E-state index in [1.165, 1.54) is 19.3 Å². The predicted octanol–water partition coefficient (Wildman–Crippen LogP) is 4.28. The molecule has 0 aromatic carbocycles. The van der Waals surface area contributed by atoms with Crippen LogP contribution >= 0.6 is 0 Å². The van der Waals surface area contributed by atoms with Crippen LogP contribution in [0.2, 0.25) is 0 Å². The normalized spacial score (nSPS) is 16.3. The molecule has 0 bridgehead atoms. The number of unbranched alkanes of at least 4 members (excludes halogenated alkanes) is 4. The fourth-order valence-electron chi connectivity index (χ4n) is 2.20. The zero-order valence-electron chi connectivity index (χ0n) is 13.4. The largest absolute Gasteiger partial charge is 0.390 e. The monoisotopic (exact) mass is 274 g/mol. The van der Waals surface area contributed by atoms with Crippen LogP contribution in [0.3, 0.4) is 0 Å². The van der Waals surface area contributed by atoms with Crippen molar-refractivity contribution in [3.8, 4) is 0 Å². The van der Waals surface area contributed by atoms with Gasteiger partial charge in [-0.1, -0.05) is 32.6 Å². The van der Waals surface area contributed by atoms with Gasteiger partial charge in [0.1, 0.15) is 0 Å². The molecule has 0 spiro atoms. The molecule has 0 aliphatic rings. The van der Waals surface area contributed by atoms with Gasteiger partial charge in [-0.3, -0.25) is 0 Å². The van der Waals surface area contributed by atoms with Crippen LogP contribution in [0.5, 0.6) is 0 Å². The van der Waals surface area contributed by atoms with Gasteiger partial charge in [-0.15, -0.1) is 0 Å². The quantitative estimate of drug-likeness (QED) is 0.402. The smallest absolute Gasteiger partial charge is 0.154 e. The summed E-state index contributed by atoms with van der Waals surface area (Å²) in [6, 6.07) is 0. The number of hydrogen-bond acceptors (Lipinski definition) is 3. The van der Waals surface area contributed by atoms with Crippen molar-refractivity contribution in [1.82, 2.24) is 0 Å². The van der Waals surface area contributed by atoms with Gasteiger partial charge in [-0.2, -0.15) is 0 Å². The van der Waals surface area contributed by atoms with Crippen molar-refractivity contribution in [2.45, 2.75) is 91.0 Å². The molecule has 0 radical (unpaired) electrons. The molecule has 0 aliphatic carbocycles. The maximum Gasteiger partial charge on any atom is 0.154 e. The first kappa shape index (κ1) is 18.9. The highest BCUT2D eigenvalue weighted by molar-refractivity contribution is 4.72. The lowest BCUT2D eigenvalue weighted by Gasteiger charge is -2.23. The molecule has 3 nitrogen and oxygen atoms in total. The summed E-state index contributed by atoms with van der Waals surface area (Å²) in [5, 5.41) is 10.2. The van der Waals surface area contributed by atoms with Crippen LogP contribution < -0.4 is 0 Å². The second kappa shape index (κ2) is 11.7. The van der Waals surface area contributed by atoms with Gasteiger partial charge >= 0.3 is 0 Å². The Balaban J connectivity index is 3.47. The third kappa shape index (κ3) is 12.6. The zero-order valence-corrected chi connectivity index (χ0v) is 13.4. The molecular formula is C16H34O3. The van der Waals surface area contributed by atoms with Crippen LogP contribution in [0.1, 0.15) is 79.1 Å². The first-order valence-electron chi connectivity index (χ1n) is 7.97. The van der Waals surface area contributed by atoms with Crippen molar-refractivity contribution >= 4 is 0 Å². The Morgan fingerprint density at radius 3 is 2.16 bits per heavy atom.